The lowest BCUT2D eigenvalue weighted by Gasteiger charge is -2.35. The van der Waals surface area contributed by atoms with Gasteiger partial charge in [0.2, 0.25) is 11.8 Å². The van der Waals surface area contributed by atoms with Crippen LogP contribution in [0.2, 0.25) is 0 Å². The molecule has 0 aromatic heterocycles. The van der Waals surface area contributed by atoms with E-state index in [0.29, 0.717) is 18.9 Å². The minimum absolute atomic E-state index is 0.140. The molecule has 0 radical (unpaired) electrons. The van der Waals surface area contributed by atoms with Crippen molar-refractivity contribution in [1.82, 2.24) is 9.80 Å². The van der Waals surface area contributed by atoms with Crippen LogP contribution in [0.25, 0.3) is 0 Å². The van der Waals surface area contributed by atoms with E-state index in [2.05, 4.69) is 13.8 Å². The normalized spacial score (nSPS) is 26.4. The fourth-order valence-corrected chi connectivity index (χ4v) is 3.80. The molecule has 3 unspecified atom stereocenters. The smallest absolute Gasteiger partial charge is 0.227 e. The highest BCUT2D eigenvalue weighted by atomic mass is 16.2. The Morgan fingerprint density at radius 2 is 1.95 bits per heavy atom. The summed E-state index contributed by atoms with van der Waals surface area (Å²) in [5.74, 6) is 0.696. The van der Waals surface area contributed by atoms with E-state index in [1.807, 2.05) is 16.7 Å². The molecule has 2 amide bonds. The lowest BCUT2D eigenvalue weighted by atomic mass is 9.90. The van der Waals surface area contributed by atoms with Crippen molar-refractivity contribution >= 4 is 11.8 Å². The average Bonchev–Trinajstić information content (AvgIpc) is 2.89. The van der Waals surface area contributed by atoms with Gasteiger partial charge in [0.15, 0.2) is 0 Å². The molecule has 2 aliphatic heterocycles. The molecule has 0 spiro atoms. The van der Waals surface area contributed by atoms with E-state index >= 15 is 0 Å². The predicted molar refractivity (Wildman–Crippen MR) is 87.1 cm³/mol. The number of rotatable bonds is 5. The standard InChI is InChI=1S/C17H31N3O2/c1-4-5-12(2)20-11-15(10-16(20)21)17(22)19-8-6-14(7-9-19)13(3)18/h12-15H,4-11,18H2,1-3H3. The lowest BCUT2D eigenvalue weighted by molar-refractivity contribution is -0.137. The summed E-state index contributed by atoms with van der Waals surface area (Å²) in [6.45, 7) is 8.45. The molecular formula is C17H31N3O2. The van der Waals surface area contributed by atoms with Gasteiger partial charge in [-0.3, -0.25) is 9.59 Å². The summed E-state index contributed by atoms with van der Waals surface area (Å²) in [5, 5.41) is 0. The van der Waals surface area contributed by atoms with E-state index in [0.717, 1.165) is 38.8 Å². The van der Waals surface area contributed by atoms with Gasteiger partial charge >= 0.3 is 0 Å². The molecule has 5 nitrogen and oxygen atoms in total. The van der Waals surface area contributed by atoms with E-state index in [1.165, 1.54) is 0 Å². The van der Waals surface area contributed by atoms with Crippen LogP contribution in [0.1, 0.15) is 52.9 Å². The molecule has 2 N–H and O–H groups in total. The Bertz CT molecular complexity index is 403. The summed E-state index contributed by atoms with van der Waals surface area (Å²) in [6, 6.07) is 0.454. The second-order valence-corrected chi connectivity index (χ2v) is 7.11. The molecule has 2 rings (SSSR count). The number of nitrogens with two attached hydrogens (primary N) is 1. The summed E-state index contributed by atoms with van der Waals surface area (Å²) in [7, 11) is 0. The Kier molecular flexibility index (Phi) is 5.84. The largest absolute Gasteiger partial charge is 0.342 e. The third-order valence-electron chi connectivity index (χ3n) is 5.34. The van der Waals surface area contributed by atoms with Gasteiger partial charge in [0, 0.05) is 38.1 Å². The number of carbonyl (C=O) groups excluding carboxylic acids is 2. The van der Waals surface area contributed by atoms with Crippen LogP contribution in [0.4, 0.5) is 0 Å². The van der Waals surface area contributed by atoms with Crippen molar-refractivity contribution in [2.75, 3.05) is 19.6 Å². The van der Waals surface area contributed by atoms with Gasteiger partial charge in [-0.05, 0) is 39.0 Å². The number of nitrogens with zero attached hydrogens (tertiary/aromatic N) is 2. The fourth-order valence-electron chi connectivity index (χ4n) is 3.80. The van der Waals surface area contributed by atoms with Gasteiger partial charge in [0.25, 0.3) is 0 Å². The topological polar surface area (TPSA) is 66.6 Å². The van der Waals surface area contributed by atoms with Crippen LogP contribution in [0.5, 0.6) is 0 Å². The number of carbonyl (C=O) groups is 2. The van der Waals surface area contributed by atoms with Gasteiger partial charge in [-0.15, -0.1) is 0 Å². The van der Waals surface area contributed by atoms with Gasteiger partial charge in [0.1, 0.15) is 0 Å². The van der Waals surface area contributed by atoms with Gasteiger partial charge in [-0.1, -0.05) is 13.3 Å². The van der Waals surface area contributed by atoms with E-state index in [4.69, 9.17) is 5.73 Å². The van der Waals surface area contributed by atoms with Crippen molar-refractivity contribution in [3.8, 4) is 0 Å². The van der Waals surface area contributed by atoms with Crippen molar-refractivity contribution in [3.05, 3.63) is 0 Å². The zero-order valence-electron chi connectivity index (χ0n) is 14.3. The highest BCUT2D eigenvalue weighted by molar-refractivity contribution is 5.89. The molecule has 0 saturated carbocycles. The van der Waals surface area contributed by atoms with Crippen LogP contribution in [0.3, 0.4) is 0 Å². The monoisotopic (exact) mass is 309 g/mol. The van der Waals surface area contributed by atoms with Crippen molar-refractivity contribution in [1.29, 1.82) is 0 Å². The highest BCUT2D eigenvalue weighted by Gasteiger charge is 2.39. The molecule has 0 aromatic carbocycles. The number of piperidine rings is 1. The number of likely N-dealkylation sites (tertiary alicyclic amines) is 2. The van der Waals surface area contributed by atoms with Crippen molar-refractivity contribution < 1.29 is 9.59 Å². The summed E-state index contributed by atoms with van der Waals surface area (Å²) in [5.41, 5.74) is 5.95. The van der Waals surface area contributed by atoms with E-state index in [1.54, 1.807) is 0 Å². The lowest BCUT2D eigenvalue weighted by Crippen LogP contribution is -2.45. The van der Waals surface area contributed by atoms with Crippen LogP contribution in [0, 0.1) is 11.8 Å². The molecule has 2 fully saturated rings. The maximum absolute atomic E-state index is 12.7. The number of amides is 2. The predicted octanol–water partition coefficient (Wildman–Crippen LogP) is 1.61. The van der Waals surface area contributed by atoms with Crippen LogP contribution in [-0.2, 0) is 9.59 Å². The SMILES string of the molecule is CCCC(C)N1CC(C(=O)N2CCC(C(C)N)CC2)CC1=O. The second kappa shape index (κ2) is 7.44. The molecular weight excluding hydrogens is 278 g/mol. The van der Waals surface area contributed by atoms with Gasteiger partial charge in [-0.25, -0.2) is 0 Å². The number of hydrogen-bond donors (Lipinski definition) is 1. The minimum atomic E-state index is -0.140. The van der Waals surface area contributed by atoms with E-state index in [-0.39, 0.29) is 29.8 Å². The molecule has 0 aliphatic carbocycles. The van der Waals surface area contributed by atoms with Crippen molar-refractivity contribution in [3.63, 3.8) is 0 Å². The minimum Gasteiger partial charge on any atom is -0.342 e. The van der Waals surface area contributed by atoms with Gasteiger partial charge < -0.3 is 15.5 Å². The summed E-state index contributed by atoms with van der Waals surface area (Å²) in [4.78, 5) is 28.7. The zero-order chi connectivity index (χ0) is 16.3. The molecule has 2 heterocycles. The third-order valence-corrected chi connectivity index (χ3v) is 5.34. The maximum atomic E-state index is 12.7. The molecule has 5 heteroatoms. The quantitative estimate of drug-likeness (QED) is 0.839. The molecule has 2 aliphatic rings. The Hall–Kier alpha value is -1.10. The van der Waals surface area contributed by atoms with Crippen LogP contribution in [-0.4, -0.2) is 53.3 Å². The van der Waals surface area contributed by atoms with Gasteiger partial charge in [-0.2, -0.15) is 0 Å². The first kappa shape index (κ1) is 17.3. The van der Waals surface area contributed by atoms with Crippen LogP contribution in [0.15, 0.2) is 0 Å². The molecule has 0 bridgehead atoms. The summed E-state index contributed by atoms with van der Waals surface area (Å²) in [6.07, 6.45) is 4.43. The maximum Gasteiger partial charge on any atom is 0.227 e. The summed E-state index contributed by atoms with van der Waals surface area (Å²) < 4.78 is 0. The van der Waals surface area contributed by atoms with E-state index < -0.39 is 0 Å². The fraction of sp³-hybridized carbons (Fsp3) is 0.882. The Balaban J connectivity index is 1.88. The number of hydrogen-bond acceptors (Lipinski definition) is 3. The molecule has 0 aromatic rings. The molecule has 2 saturated heterocycles. The Labute approximate surface area is 134 Å². The Morgan fingerprint density at radius 3 is 2.50 bits per heavy atom. The van der Waals surface area contributed by atoms with Gasteiger partial charge in [0.05, 0.1) is 5.92 Å². The second-order valence-electron chi connectivity index (χ2n) is 7.11. The first-order valence-electron chi connectivity index (χ1n) is 8.77. The van der Waals surface area contributed by atoms with Crippen LogP contribution < -0.4 is 5.73 Å². The third kappa shape index (κ3) is 3.80. The van der Waals surface area contributed by atoms with Crippen molar-refractivity contribution in [2.24, 2.45) is 17.6 Å². The zero-order valence-corrected chi connectivity index (χ0v) is 14.3. The van der Waals surface area contributed by atoms with Crippen LogP contribution >= 0.6 is 0 Å². The highest BCUT2D eigenvalue weighted by Crippen LogP contribution is 2.26. The first-order chi connectivity index (χ1) is 10.4. The molecule has 3 atom stereocenters. The first-order valence-corrected chi connectivity index (χ1v) is 8.77. The van der Waals surface area contributed by atoms with Crippen molar-refractivity contribution in [2.45, 2.75) is 65.0 Å². The molecule has 126 valence electrons. The Morgan fingerprint density at radius 1 is 1.32 bits per heavy atom. The molecule has 22 heavy (non-hydrogen) atoms. The average molecular weight is 309 g/mol. The van der Waals surface area contributed by atoms with E-state index in [9.17, 15) is 9.59 Å². The summed E-state index contributed by atoms with van der Waals surface area (Å²) >= 11 is 0.